The first-order valence-electron chi connectivity index (χ1n) is 7.76. The number of ether oxygens (including phenoxy) is 1. The van der Waals surface area contributed by atoms with Crippen molar-refractivity contribution in [1.29, 1.82) is 0 Å². The summed E-state index contributed by atoms with van der Waals surface area (Å²) in [5, 5.41) is 0. The molecule has 0 atom stereocenters. The summed E-state index contributed by atoms with van der Waals surface area (Å²) in [6.07, 6.45) is 5.77. The standard InChI is InChI=1S/C8H10.C6H7NO.C3H8.C2H6/c1-2-8-6-4-3-5-7-8;1-8-6-3-2-4-7-5-6;1-3-2;1-2/h3-7H,2H2,1H3;2-5H,1H3;3H2,1-2H3;1-2H3. The second kappa shape index (κ2) is 18.2. The van der Waals surface area contributed by atoms with Crippen molar-refractivity contribution in [3.63, 3.8) is 0 Å². The molecule has 1 aromatic heterocycles. The van der Waals surface area contributed by atoms with Gasteiger partial charge in [0.15, 0.2) is 0 Å². The van der Waals surface area contributed by atoms with Crippen molar-refractivity contribution in [1.82, 2.24) is 4.98 Å². The molecule has 2 heteroatoms. The van der Waals surface area contributed by atoms with Crippen LogP contribution < -0.4 is 4.74 Å². The van der Waals surface area contributed by atoms with E-state index in [4.69, 9.17) is 4.74 Å². The Kier molecular flexibility index (Phi) is 18.6. The van der Waals surface area contributed by atoms with Crippen LogP contribution in [0.4, 0.5) is 0 Å². The Bertz CT molecular complexity index is 347. The third-order valence-electron chi connectivity index (χ3n) is 2.12. The summed E-state index contributed by atoms with van der Waals surface area (Å²) in [6.45, 7) is 10.4. The quantitative estimate of drug-likeness (QED) is 0.699. The van der Waals surface area contributed by atoms with Gasteiger partial charge in [-0.1, -0.05) is 71.4 Å². The summed E-state index contributed by atoms with van der Waals surface area (Å²) >= 11 is 0. The van der Waals surface area contributed by atoms with Crippen LogP contribution in [0.15, 0.2) is 54.9 Å². The zero-order chi connectivity index (χ0) is 16.3. The largest absolute Gasteiger partial charge is 0.495 e. The van der Waals surface area contributed by atoms with Gasteiger partial charge in [0, 0.05) is 6.20 Å². The number of rotatable bonds is 2. The zero-order valence-corrected chi connectivity index (χ0v) is 14.5. The van der Waals surface area contributed by atoms with E-state index in [1.807, 2.05) is 32.0 Å². The molecule has 0 aliphatic carbocycles. The molecule has 21 heavy (non-hydrogen) atoms. The van der Waals surface area contributed by atoms with Crippen molar-refractivity contribution in [3.05, 3.63) is 60.4 Å². The molecule has 0 radical (unpaired) electrons. The van der Waals surface area contributed by atoms with Crippen molar-refractivity contribution in [2.45, 2.75) is 47.5 Å². The monoisotopic (exact) mass is 289 g/mol. The fraction of sp³-hybridized carbons (Fsp3) is 0.421. The van der Waals surface area contributed by atoms with Crippen molar-refractivity contribution >= 4 is 0 Å². The lowest BCUT2D eigenvalue weighted by Crippen LogP contribution is -1.80. The zero-order valence-electron chi connectivity index (χ0n) is 14.5. The lowest BCUT2D eigenvalue weighted by Gasteiger charge is -1.93. The van der Waals surface area contributed by atoms with Gasteiger partial charge in [-0.2, -0.15) is 0 Å². The molecule has 2 rings (SSSR count). The second-order valence-corrected chi connectivity index (χ2v) is 3.94. The van der Waals surface area contributed by atoms with Gasteiger partial charge in [-0.3, -0.25) is 4.98 Å². The number of hydrogen-bond acceptors (Lipinski definition) is 2. The van der Waals surface area contributed by atoms with Crippen molar-refractivity contribution in [2.24, 2.45) is 0 Å². The topological polar surface area (TPSA) is 22.1 Å². The summed E-state index contributed by atoms with van der Waals surface area (Å²) in [5.41, 5.74) is 1.41. The Balaban J connectivity index is 0. The van der Waals surface area contributed by atoms with Gasteiger partial charge in [0.2, 0.25) is 0 Å². The van der Waals surface area contributed by atoms with Crippen LogP contribution in [0.3, 0.4) is 0 Å². The first-order chi connectivity index (χ1) is 10.3. The Morgan fingerprint density at radius 3 is 1.76 bits per heavy atom. The highest BCUT2D eigenvalue weighted by Crippen LogP contribution is 2.02. The molecule has 0 aliphatic heterocycles. The molecule has 2 aromatic rings. The highest BCUT2D eigenvalue weighted by molar-refractivity contribution is 5.15. The van der Waals surface area contributed by atoms with E-state index in [0.717, 1.165) is 12.2 Å². The number of methoxy groups -OCH3 is 1. The van der Waals surface area contributed by atoms with Crippen LogP contribution in [0.5, 0.6) is 5.75 Å². The summed E-state index contributed by atoms with van der Waals surface area (Å²) in [4.78, 5) is 3.83. The lowest BCUT2D eigenvalue weighted by atomic mass is 10.2. The molecule has 0 spiro atoms. The lowest BCUT2D eigenvalue weighted by molar-refractivity contribution is 0.413. The van der Waals surface area contributed by atoms with Crippen LogP contribution in [0.25, 0.3) is 0 Å². The van der Waals surface area contributed by atoms with Gasteiger partial charge in [0.25, 0.3) is 0 Å². The Morgan fingerprint density at radius 1 is 0.905 bits per heavy atom. The Hall–Kier alpha value is -1.83. The van der Waals surface area contributed by atoms with E-state index in [-0.39, 0.29) is 0 Å². The molecular weight excluding hydrogens is 258 g/mol. The third-order valence-corrected chi connectivity index (χ3v) is 2.12. The van der Waals surface area contributed by atoms with E-state index < -0.39 is 0 Å². The summed E-state index contributed by atoms with van der Waals surface area (Å²) in [6, 6.07) is 14.1. The smallest absolute Gasteiger partial charge is 0.137 e. The SMILES string of the molecule is CC.CCC.CCc1ccccc1.COc1cccnc1. The van der Waals surface area contributed by atoms with E-state index in [9.17, 15) is 0 Å². The van der Waals surface area contributed by atoms with Crippen molar-refractivity contribution in [3.8, 4) is 5.75 Å². The highest BCUT2D eigenvalue weighted by atomic mass is 16.5. The van der Waals surface area contributed by atoms with E-state index in [1.165, 1.54) is 12.0 Å². The van der Waals surface area contributed by atoms with Crippen LogP contribution in [-0.2, 0) is 6.42 Å². The van der Waals surface area contributed by atoms with Gasteiger partial charge in [-0.05, 0) is 24.1 Å². The summed E-state index contributed by atoms with van der Waals surface area (Å²) < 4.78 is 4.85. The van der Waals surface area contributed by atoms with Gasteiger partial charge in [-0.25, -0.2) is 0 Å². The number of nitrogens with zero attached hydrogens (tertiary/aromatic N) is 1. The number of hydrogen-bond donors (Lipinski definition) is 0. The molecule has 0 amide bonds. The predicted octanol–water partition coefficient (Wildman–Crippen LogP) is 5.78. The average molecular weight is 289 g/mol. The van der Waals surface area contributed by atoms with Gasteiger partial charge in [-0.15, -0.1) is 0 Å². The van der Waals surface area contributed by atoms with Gasteiger partial charge < -0.3 is 4.74 Å². The molecule has 0 saturated heterocycles. The minimum atomic E-state index is 0.799. The van der Waals surface area contributed by atoms with Gasteiger partial charge in [0.05, 0.1) is 13.3 Å². The fourth-order valence-corrected chi connectivity index (χ4v) is 1.18. The predicted molar refractivity (Wildman–Crippen MR) is 93.9 cm³/mol. The molecule has 0 aliphatic rings. The Labute approximate surface area is 131 Å². The highest BCUT2D eigenvalue weighted by Gasteiger charge is 1.81. The molecule has 0 saturated carbocycles. The van der Waals surface area contributed by atoms with E-state index in [2.05, 4.69) is 50.0 Å². The number of aromatic nitrogens is 1. The summed E-state index contributed by atoms with van der Waals surface area (Å²) in [7, 11) is 1.62. The van der Waals surface area contributed by atoms with Crippen LogP contribution >= 0.6 is 0 Å². The molecular formula is C19H31NO. The molecule has 1 heterocycles. The molecule has 0 bridgehead atoms. The second-order valence-electron chi connectivity index (χ2n) is 3.94. The number of pyridine rings is 1. The molecule has 0 fully saturated rings. The maximum absolute atomic E-state index is 4.85. The summed E-state index contributed by atoms with van der Waals surface area (Å²) in [5.74, 6) is 0.799. The molecule has 118 valence electrons. The van der Waals surface area contributed by atoms with Crippen molar-refractivity contribution < 1.29 is 4.74 Å². The number of benzene rings is 1. The Morgan fingerprint density at radius 2 is 1.48 bits per heavy atom. The van der Waals surface area contributed by atoms with E-state index in [0.29, 0.717) is 0 Å². The minimum Gasteiger partial charge on any atom is -0.495 e. The minimum absolute atomic E-state index is 0.799. The van der Waals surface area contributed by atoms with Crippen LogP contribution in [0.1, 0.15) is 46.6 Å². The van der Waals surface area contributed by atoms with Crippen LogP contribution in [0, 0.1) is 0 Å². The van der Waals surface area contributed by atoms with Crippen molar-refractivity contribution in [2.75, 3.05) is 7.11 Å². The van der Waals surface area contributed by atoms with Crippen LogP contribution in [0.2, 0.25) is 0 Å². The van der Waals surface area contributed by atoms with E-state index in [1.54, 1.807) is 19.5 Å². The van der Waals surface area contributed by atoms with E-state index >= 15 is 0 Å². The fourth-order valence-electron chi connectivity index (χ4n) is 1.18. The number of aryl methyl sites for hydroxylation is 1. The van der Waals surface area contributed by atoms with Crippen LogP contribution in [-0.4, -0.2) is 12.1 Å². The molecule has 0 N–H and O–H groups in total. The van der Waals surface area contributed by atoms with Gasteiger partial charge in [0.1, 0.15) is 5.75 Å². The maximum Gasteiger partial charge on any atom is 0.137 e. The average Bonchev–Trinajstić information content (AvgIpc) is 2.59. The molecule has 0 unspecified atom stereocenters. The molecule has 1 aromatic carbocycles. The van der Waals surface area contributed by atoms with Gasteiger partial charge >= 0.3 is 0 Å². The normalized spacial score (nSPS) is 7.90. The third kappa shape index (κ3) is 14.4. The maximum atomic E-state index is 4.85. The first-order valence-corrected chi connectivity index (χ1v) is 7.76. The first kappa shape index (κ1) is 21.5. The molecule has 2 nitrogen and oxygen atoms in total.